The molecule has 4 aliphatic carbocycles. The van der Waals surface area contributed by atoms with Gasteiger partial charge < -0.3 is 10.6 Å². The van der Waals surface area contributed by atoms with Crippen LogP contribution in [0.2, 0.25) is 0 Å². The number of carbonyl (C=O) groups is 1. The van der Waals surface area contributed by atoms with Crippen LogP contribution in [0.5, 0.6) is 0 Å². The van der Waals surface area contributed by atoms with Crippen LogP contribution in [0.1, 0.15) is 38.5 Å². The maximum Gasteiger partial charge on any atom is 0.283 e. The molecule has 4 fully saturated rings. The van der Waals surface area contributed by atoms with Crippen molar-refractivity contribution in [1.82, 2.24) is 5.32 Å². The van der Waals surface area contributed by atoms with E-state index in [1.807, 2.05) is 30.3 Å². The molecule has 4 saturated carbocycles. The molecule has 4 heteroatoms. The van der Waals surface area contributed by atoms with Crippen molar-refractivity contribution >= 4 is 28.8 Å². The highest BCUT2D eigenvalue weighted by molar-refractivity contribution is 7.82. The second-order valence-corrected chi connectivity index (χ2v) is 7.88. The first-order valence-corrected chi connectivity index (χ1v) is 8.71. The van der Waals surface area contributed by atoms with Crippen molar-refractivity contribution < 1.29 is 4.79 Å². The predicted octanol–water partition coefficient (Wildman–Crippen LogP) is 3.51. The molecule has 0 atom stereocenters. The number of carbonyl (C=O) groups excluding carboxylic acids is 1. The molecular formula is C18H22N2OS. The lowest BCUT2D eigenvalue weighted by Crippen LogP contribution is -2.60. The number of para-hydroxylation sites is 1. The highest BCUT2D eigenvalue weighted by Crippen LogP contribution is 2.55. The first-order chi connectivity index (χ1) is 10.6. The zero-order valence-electron chi connectivity index (χ0n) is 12.7. The predicted molar refractivity (Wildman–Crippen MR) is 91.7 cm³/mol. The fourth-order valence-corrected chi connectivity index (χ4v) is 5.54. The van der Waals surface area contributed by atoms with Gasteiger partial charge in [-0.05, 0) is 68.4 Å². The Balaban J connectivity index is 1.42. The summed E-state index contributed by atoms with van der Waals surface area (Å²) in [6.07, 6.45) is 7.75. The molecular weight excluding hydrogens is 292 g/mol. The number of anilines is 1. The van der Waals surface area contributed by atoms with Crippen LogP contribution < -0.4 is 10.6 Å². The molecule has 0 aliphatic heterocycles. The number of nitrogens with one attached hydrogen (secondary N) is 2. The van der Waals surface area contributed by atoms with Crippen LogP contribution in [0, 0.1) is 17.8 Å². The molecule has 4 bridgehead atoms. The molecule has 116 valence electrons. The number of thiocarbonyl (C=S) groups is 1. The van der Waals surface area contributed by atoms with Crippen molar-refractivity contribution in [2.75, 3.05) is 5.32 Å². The van der Waals surface area contributed by atoms with E-state index in [1.54, 1.807) is 0 Å². The molecule has 0 spiro atoms. The van der Waals surface area contributed by atoms with Crippen LogP contribution >= 0.6 is 12.2 Å². The minimum atomic E-state index is -0.183. The Labute approximate surface area is 136 Å². The highest BCUT2D eigenvalue weighted by Gasteiger charge is 2.51. The first-order valence-electron chi connectivity index (χ1n) is 8.30. The van der Waals surface area contributed by atoms with Gasteiger partial charge in [-0.25, -0.2) is 0 Å². The van der Waals surface area contributed by atoms with Crippen molar-refractivity contribution in [2.24, 2.45) is 17.8 Å². The maximum absolute atomic E-state index is 12.3. The Morgan fingerprint density at radius 1 is 1.00 bits per heavy atom. The number of benzene rings is 1. The van der Waals surface area contributed by atoms with Gasteiger partial charge in [-0.15, -0.1) is 0 Å². The lowest BCUT2D eigenvalue weighted by atomic mass is 9.53. The molecule has 0 radical (unpaired) electrons. The van der Waals surface area contributed by atoms with Crippen LogP contribution in [0.4, 0.5) is 5.69 Å². The largest absolute Gasteiger partial charge is 0.366 e. The minimum absolute atomic E-state index is 0.0971. The normalized spacial score (nSPS) is 35.2. The third kappa shape index (κ3) is 2.65. The Bertz CT molecular complexity index is 563. The van der Waals surface area contributed by atoms with Gasteiger partial charge in [-0.3, -0.25) is 4.79 Å². The molecule has 3 nitrogen and oxygen atoms in total. The van der Waals surface area contributed by atoms with Crippen molar-refractivity contribution in [1.29, 1.82) is 0 Å². The summed E-state index contributed by atoms with van der Waals surface area (Å²) < 4.78 is 0. The second-order valence-electron chi connectivity index (χ2n) is 7.47. The van der Waals surface area contributed by atoms with E-state index in [-0.39, 0.29) is 11.4 Å². The van der Waals surface area contributed by atoms with Gasteiger partial charge in [0, 0.05) is 11.2 Å². The summed E-state index contributed by atoms with van der Waals surface area (Å²) in [7, 11) is 0. The third-order valence-electron chi connectivity index (χ3n) is 5.65. The standard InChI is InChI=1S/C18H22N2OS/c21-16(19-15-4-2-1-3-5-15)17(22)20-18-9-12-6-13(10-18)8-14(7-12)11-18/h1-5,12-14H,6-11H2,(H,19,21)(H,20,22). The second kappa shape index (κ2) is 5.34. The fraction of sp³-hybridized carbons (Fsp3) is 0.556. The number of rotatable bonds is 2. The highest BCUT2D eigenvalue weighted by atomic mass is 32.1. The van der Waals surface area contributed by atoms with Gasteiger partial charge in [0.25, 0.3) is 5.91 Å². The molecule has 1 aromatic carbocycles. The van der Waals surface area contributed by atoms with Crippen LogP contribution in [-0.2, 0) is 4.79 Å². The van der Waals surface area contributed by atoms with Crippen molar-refractivity contribution in [2.45, 2.75) is 44.1 Å². The molecule has 1 aromatic rings. The van der Waals surface area contributed by atoms with E-state index in [2.05, 4.69) is 10.6 Å². The van der Waals surface area contributed by atoms with Gasteiger partial charge in [-0.2, -0.15) is 0 Å². The zero-order valence-corrected chi connectivity index (χ0v) is 13.5. The summed E-state index contributed by atoms with van der Waals surface area (Å²) in [4.78, 5) is 12.7. The SMILES string of the molecule is O=C(Nc1ccccc1)C(=S)NC12CC3CC(CC(C3)C1)C2. The van der Waals surface area contributed by atoms with E-state index in [0.717, 1.165) is 23.4 Å². The summed E-state index contributed by atoms with van der Waals surface area (Å²) in [5.74, 6) is 2.35. The third-order valence-corrected chi connectivity index (χ3v) is 5.94. The van der Waals surface area contributed by atoms with Gasteiger partial charge in [0.15, 0.2) is 4.99 Å². The van der Waals surface area contributed by atoms with Crippen LogP contribution in [0.15, 0.2) is 30.3 Å². The monoisotopic (exact) mass is 314 g/mol. The van der Waals surface area contributed by atoms with Crippen molar-refractivity contribution in [3.05, 3.63) is 30.3 Å². The Morgan fingerprint density at radius 3 is 2.09 bits per heavy atom. The van der Waals surface area contributed by atoms with E-state index in [4.69, 9.17) is 12.2 Å². The van der Waals surface area contributed by atoms with E-state index in [1.165, 1.54) is 38.5 Å². The Morgan fingerprint density at radius 2 is 1.55 bits per heavy atom. The summed E-state index contributed by atoms with van der Waals surface area (Å²) >= 11 is 5.39. The van der Waals surface area contributed by atoms with E-state index < -0.39 is 0 Å². The lowest BCUT2D eigenvalue weighted by molar-refractivity contribution is -0.110. The molecule has 0 unspecified atom stereocenters. The molecule has 0 aromatic heterocycles. The van der Waals surface area contributed by atoms with Crippen molar-refractivity contribution in [3.8, 4) is 0 Å². The number of amides is 1. The minimum Gasteiger partial charge on any atom is -0.366 e. The van der Waals surface area contributed by atoms with Crippen molar-refractivity contribution in [3.63, 3.8) is 0 Å². The number of hydrogen-bond donors (Lipinski definition) is 2. The molecule has 0 heterocycles. The molecule has 0 saturated heterocycles. The quantitative estimate of drug-likeness (QED) is 0.821. The number of hydrogen-bond acceptors (Lipinski definition) is 2. The van der Waals surface area contributed by atoms with Crippen LogP contribution in [-0.4, -0.2) is 16.4 Å². The Hall–Kier alpha value is -1.42. The van der Waals surface area contributed by atoms with Crippen LogP contribution in [0.25, 0.3) is 0 Å². The molecule has 5 rings (SSSR count). The summed E-state index contributed by atoms with van der Waals surface area (Å²) in [5, 5.41) is 6.35. The summed E-state index contributed by atoms with van der Waals surface area (Å²) in [6.45, 7) is 0. The summed E-state index contributed by atoms with van der Waals surface area (Å²) in [6, 6.07) is 9.51. The molecule has 4 aliphatic rings. The van der Waals surface area contributed by atoms with Gasteiger partial charge in [0.05, 0.1) is 0 Å². The molecule has 22 heavy (non-hydrogen) atoms. The van der Waals surface area contributed by atoms with E-state index >= 15 is 0 Å². The van der Waals surface area contributed by atoms with Gasteiger partial charge in [0.1, 0.15) is 0 Å². The topological polar surface area (TPSA) is 41.1 Å². The lowest BCUT2D eigenvalue weighted by Gasteiger charge is -2.57. The summed E-state index contributed by atoms with van der Waals surface area (Å²) in [5.41, 5.74) is 0.891. The maximum atomic E-state index is 12.3. The average Bonchev–Trinajstić information content (AvgIpc) is 2.46. The first kappa shape index (κ1) is 14.2. The van der Waals surface area contributed by atoms with Crippen LogP contribution in [0.3, 0.4) is 0 Å². The van der Waals surface area contributed by atoms with Gasteiger partial charge in [0.2, 0.25) is 0 Å². The zero-order chi connectivity index (χ0) is 15.2. The smallest absolute Gasteiger partial charge is 0.283 e. The van der Waals surface area contributed by atoms with Gasteiger partial charge >= 0.3 is 0 Å². The molecule has 2 N–H and O–H groups in total. The Kier molecular flexibility index (Phi) is 3.44. The van der Waals surface area contributed by atoms with Gasteiger partial charge in [-0.1, -0.05) is 30.4 Å². The average molecular weight is 314 g/mol. The van der Waals surface area contributed by atoms with E-state index in [9.17, 15) is 4.79 Å². The fourth-order valence-electron chi connectivity index (χ4n) is 5.27. The molecule has 1 amide bonds. The van der Waals surface area contributed by atoms with E-state index in [0.29, 0.717) is 4.99 Å².